The van der Waals surface area contributed by atoms with Gasteiger partial charge in [0.05, 0.1) is 22.6 Å². The van der Waals surface area contributed by atoms with Gasteiger partial charge in [0.15, 0.2) is 0 Å². The number of carbonyl (C=O) groups is 1. The Morgan fingerprint density at radius 3 is 2.29 bits per heavy atom. The zero-order valence-electron chi connectivity index (χ0n) is 17.0. The molecular weight excluding hydrogens is 422 g/mol. The van der Waals surface area contributed by atoms with E-state index in [4.69, 9.17) is 0 Å². The number of nitro groups is 1. The lowest BCUT2D eigenvalue weighted by atomic mass is 10.2. The summed E-state index contributed by atoms with van der Waals surface area (Å²) in [7, 11) is -3.54. The summed E-state index contributed by atoms with van der Waals surface area (Å²) in [5.74, 6) is -0.326. The van der Waals surface area contributed by atoms with Crippen molar-refractivity contribution < 1.29 is 18.1 Å². The van der Waals surface area contributed by atoms with Crippen LogP contribution in [0, 0.1) is 17.0 Å². The second kappa shape index (κ2) is 9.77. The summed E-state index contributed by atoms with van der Waals surface area (Å²) in [5.41, 5.74) is 3.99. The molecule has 1 N–H and O–H groups in total. The van der Waals surface area contributed by atoms with Crippen molar-refractivity contribution in [3.63, 3.8) is 0 Å². The number of sulfonamides is 1. The standard InChI is InChI=1S/C20H23N5O5S/c1-16-2-8-19(9-3-16)31(29,30)24-12-10-23(11-13-24)15-20(26)22-21-14-17-4-6-18(7-5-17)25(27)28/h2-9,14H,10-13,15H2,1H3,(H,22,26)/b21-14+. The topological polar surface area (TPSA) is 125 Å². The van der Waals surface area contributed by atoms with Gasteiger partial charge in [-0.1, -0.05) is 17.7 Å². The van der Waals surface area contributed by atoms with Gasteiger partial charge in [-0.3, -0.25) is 19.8 Å². The van der Waals surface area contributed by atoms with Crippen molar-refractivity contribution in [2.24, 2.45) is 5.10 Å². The number of piperazine rings is 1. The Bertz CT molecular complexity index is 1060. The van der Waals surface area contributed by atoms with Crippen molar-refractivity contribution in [2.75, 3.05) is 32.7 Å². The molecule has 1 amide bonds. The molecule has 1 heterocycles. The van der Waals surface area contributed by atoms with Gasteiger partial charge in [-0.05, 0) is 36.8 Å². The van der Waals surface area contributed by atoms with Gasteiger partial charge in [-0.25, -0.2) is 13.8 Å². The minimum Gasteiger partial charge on any atom is -0.292 e. The van der Waals surface area contributed by atoms with E-state index >= 15 is 0 Å². The van der Waals surface area contributed by atoms with Crippen LogP contribution in [0.5, 0.6) is 0 Å². The number of nitro benzene ring substituents is 1. The maximum Gasteiger partial charge on any atom is 0.269 e. The van der Waals surface area contributed by atoms with Gasteiger partial charge in [0, 0.05) is 38.3 Å². The summed E-state index contributed by atoms with van der Waals surface area (Å²) in [4.78, 5) is 24.4. The molecule has 0 saturated carbocycles. The lowest BCUT2D eigenvalue weighted by Crippen LogP contribution is -2.50. The lowest BCUT2D eigenvalue weighted by Gasteiger charge is -2.33. The highest BCUT2D eigenvalue weighted by molar-refractivity contribution is 7.89. The molecule has 0 bridgehead atoms. The smallest absolute Gasteiger partial charge is 0.269 e. The van der Waals surface area contributed by atoms with E-state index in [0.29, 0.717) is 31.7 Å². The van der Waals surface area contributed by atoms with E-state index in [1.165, 1.54) is 34.8 Å². The molecule has 2 aromatic carbocycles. The maximum absolute atomic E-state index is 12.7. The second-order valence-corrected chi connectivity index (χ2v) is 9.07. The van der Waals surface area contributed by atoms with Crippen LogP contribution in [0.2, 0.25) is 0 Å². The Kier molecular flexibility index (Phi) is 7.10. The van der Waals surface area contributed by atoms with Crippen LogP contribution in [0.4, 0.5) is 5.69 Å². The Morgan fingerprint density at radius 2 is 1.71 bits per heavy atom. The van der Waals surface area contributed by atoms with E-state index in [1.807, 2.05) is 11.8 Å². The van der Waals surface area contributed by atoms with Crippen LogP contribution >= 0.6 is 0 Å². The number of aryl methyl sites for hydroxylation is 1. The number of nitrogens with zero attached hydrogens (tertiary/aromatic N) is 4. The van der Waals surface area contributed by atoms with Crippen molar-refractivity contribution in [2.45, 2.75) is 11.8 Å². The van der Waals surface area contributed by atoms with Crippen LogP contribution in [0.1, 0.15) is 11.1 Å². The predicted octanol–water partition coefficient (Wildman–Crippen LogP) is 1.36. The quantitative estimate of drug-likeness (QED) is 0.390. The lowest BCUT2D eigenvalue weighted by molar-refractivity contribution is -0.384. The molecule has 1 aliphatic heterocycles. The number of amides is 1. The molecule has 1 aliphatic rings. The molecule has 0 aliphatic carbocycles. The minimum absolute atomic E-state index is 0.0234. The van der Waals surface area contributed by atoms with Crippen molar-refractivity contribution in [1.82, 2.24) is 14.6 Å². The third-order valence-electron chi connectivity index (χ3n) is 4.86. The predicted molar refractivity (Wildman–Crippen MR) is 115 cm³/mol. The Labute approximate surface area is 180 Å². The number of hydrogen-bond acceptors (Lipinski definition) is 7. The fraction of sp³-hybridized carbons (Fsp3) is 0.300. The van der Waals surface area contributed by atoms with Gasteiger partial charge in [-0.15, -0.1) is 0 Å². The van der Waals surface area contributed by atoms with Gasteiger partial charge >= 0.3 is 0 Å². The van der Waals surface area contributed by atoms with Gasteiger partial charge in [-0.2, -0.15) is 9.41 Å². The van der Waals surface area contributed by atoms with Crippen molar-refractivity contribution >= 4 is 27.8 Å². The van der Waals surface area contributed by atoms with Crippen molar-refractivity contribution in [3.8, 4) is 0 Å². The van der Waals surface area contributed by atoms with Crippen LogP contribution in [-0.4, -0.2) is 67.4 Å². The first-order valence-corrected chi connectivity index (χ1v) is 11.1. The highest BCUT2D eigenvalue weighted by Crippen LogP contribution is 2.18. The molecule has 0 atom stereocenters. The van der Waals surface area contributed by atoms with E-state index in [-0.39, 0.29) is 23.0 Å². The summed E-state index contributed by atoms with van der Waals surface area (Å²) in [6.07, 6.45) is 1.40. The third-order valence-corrected chi connectivity index (χ3v) is 6.78. The van der Waals surface area contributed by atoms with Crippen LogP contribution in [0.25, 0.3) is 0 Å². The SMILES string of the molecule is Cc1ccc(S(=O)(=O)N2CCN(CC(=O)N/N=C/c3ccc([N+](=O)[O-])cc3)CC2)cc1. The number of carbonyl (C=O) groups excluding carboxylic acids is 1. The highest BCUT2D eigenvalue weighted by Gasteiger charge is 2.28. The van der Waals surface area contributed by atoms with Crippen LogP contribution in [0.15, 0.2) is 58.5 Å². The van der Waals surface area contributed by atoms with Crippen LogP contribution in [0.3, 0.4) is 0 Å². The van der Waals surface area contributed by atoms with E-state index in [0.717, 1.165) is 5.56 Å². The van der Waals surface area contributed by atoms with Gasteiger partial charge < -0.3 is 0 Å². The Morgan fingerprint density at radius 1 is 1.10 bits per heavy atom. The van der Waals surface area contributed by atoms with Gasteiger partial charge in [0.1, 0.15) is 0 Å². The summed E-state index contributed by atoms with van der Waals surface area (Å²) in [5, 5.41) is 14.5. The zero-order chi connectivity index (χ0) is 22.4. The first kappa shape index (κ1) is 22.5. The average Bonchev–Trinajstić information content (AvgIpc) is 2.75. The molecule has 0 radical (unpaired) electrons. The van der Waals surface area contributed by atoms with Gasteiger partial charge in [0.25, 0.3) is 11.6 Å². The summed E-state index contributed by atoms with van der Waals surface area (Å²) >= 11 is 0. The fourth-order valence-corrected chi connectivity index (χ4v) is 4.51. The summed E-state index contributed by atoms with van der Waals surface area (Å²) in [6.45, 7) is 3.46. The Balaban J connectivity index is 1.46. The summed E-state index contributed by atoms with van der Waals surface area (Å²) < 4.78 is 26.9. The zero-order valence-corrected chi connectivity index (χ0v) is 17.8. The first-order valence-electron chi connectivity index (χ1n) is 9.61. The van der Waals surface area contributed by atoms with Crippen molar-refractivity contribution in [3.05, 3.63) is 69.8 Å². The van der Waals surface area contributed by atoms with E-state index < -0.39 is 14.9 Å². The van der Waals surface area contributed by atoms with Crippen LogP contribution < -0.4 is 5.43 Å². The molecular formula is C20H23N5O5S. The molecule has 0 unspecified atom stereocenters. The summed E-state index contributed by atoms with van der Waals surface area (Å²) in [6, 6.07) is 12.5. The highest BCUT2D eigenvalue weighted by atomic mass is 32.2. The second-order valence-electron chi connectivity index (χ2n) is 7.14. The van der Waals surface area contributed by atoms with Gasteiger partial charge in [0.2, 0.25) is 10.0 Å². The number of benzene rings is 2. The van der Waals surface area contributed by atoms with Crippen LogP contribution in [-0.2, 0) is 14.8 Å². The molecule has 1 saturated heterocycles. The molecule has 11 heteroatoms. The van der Waals surface area contributed by atoms with E-state index in [9.17, 15) is 23.3 Å². The molecule has 31 heavy (non-hydrogen) atoms. The molecule has 10 nitrogen and oxygen atoms in total. The van der Waals surface area contributed by atoms with E-state index in [2.05, 4.69) is 10.5 Å². The molecule has 1 fully saturated rings. The molecule has 164 valence electrons. The normalized spacial score (nSPS) is 15.8. The first-order chi connectivity index (χ1) is 14.8. The third kappa shape index (κ3) is 5.94. The number of nitrogens with one attached hydrogen (secondary N) is 1. The largest absolute Gasteiger partial charge is 0.292 e. The molecule has 2 aromatic rings. The number of non-ortho nitro benzene ring substituents is 1. The molecule has 3 rings (SSSR count). The number of rotatable bonds is 7. The minimum atomic E-state index is -3.54. The maximum atomic E-state index is 12.7. The molecule has 0 spiro atoms. The number of hydrogen-bond donors (Lipinski definition) is 1. The molecule has 0 aromatic heterocycles. The van der Waals surface area contributed by atoms with Crippen molar-refractivity contribution in [1.29, 1.82) is 0 Å². The average molecular weight is 446 g/mol. The number of hydrazone groups is 1. The van der Waals surface area contributed by atoms with E-state index in [1.54, 1.807) is 24.3 Å². The Hall–Kier alpha value is -3.15. The fourth-order valence-electron chi connectivity index (χ4n) is 3.09. The monoisotopic (exact) mass is 445 g/mol.